The van der Waals surface area contributed by atoms with Crippen molar-refractivity contribution in [2.75, 3.05) is 18.8 Å². The molecule has 1 aliphatic heterocycles. The van der Waals surface area contributed by atoms with Crippen molar-refractivity contribution in [3.05, 3.63) is 28.8 Å². The molecule has 0 unspecified atom stereocenters. The first kappa shape index (κ1) is 17.2. The van der Waals surface area contributed by atoms with Crippen LogP contribution in [-0.2, 0) is 14.6 Å². The normalized spacial score (nSPS) is 19.5. The van der Waals surface area contributed by atoms with E-state index in [0.29, 0.717) is 41.4 Å². The Kier molecular flexibility index (Phi) is 5.83. The average molecular weight is 345 g/mol. The molecule has 1 atom stereocenters. The topological polar surface area (TPSA) is 75.3 Å². The fourth-order valence-electron chi connectivity index (χ4n) is 2.54. The summed E-state index contributed by atoms with van der Waals surface area (Å²) in [5.41, 5.74) is 0.702. The van der Waals surface area contributed by atoms with E-state index in [1.54, 1.807) is 18.2 Å². The van der Waals surface area contributed by atoms with Gasteiger partial charge in [0.15, 0.2) is 9.84 Å². The molecule has 122 valence electrons. The minimum absolute atomic E-state index is 0.00379. The standard InChI is InChI=1S/C15H21ClN2O3S/c1-2-7-18-15(19)5-8-17-13-6-9-22(20,21)14-4-3-11(16)10-12(13)14/h3-4,10,13,17H,2,5-9H2,1H3,(H,18,19)/t13-/m0/s1. The van der Waals surface area contributed by atoms with Gasteiger partial charge in [-0.1, -0.05) is 18.5 Å². The van der Waals surface area contributed by atoms with Gasteiger partial charge in [0.1, 0.15) is 0 Å². The van der Waals surface area contributed by atoms with Crippen LogP contribution in [0.5, 0.6) is 0 Å². The predicted molar refractivity (Wildman–Crippen MR) is 86.8 cm³/mol. The lowest BCUT2D eigenvalue weighted by Gasteiger charge is -2.26. The summed E-state index contributed by atoms with van der Waals surface area (Å²) in [6, 6.07) is 4.77. The number of carbonyl (C=O) groups excluding carboxylic acids is 1. The van der Waals surface area contributed by atoms with Gasteiger partial charge in [-0.15, -0.1) is 0 Å². The fourth-order valence-corrected chi connectivity index (χ4v) is 4.32. The number of rotatable bonds is 6. The lowest BCUT2D eigenvalue weighted by Crippen LogP contribution is -2.33. The molecule has 0 radical (unpaired) electrons. The van der Waals surface area contributed by atoms with Crippen LogP contribution in [0.3, 0.4) is 0 Å². The van der Waals surface area contributed by atoms with Crippen LogP contribution in [0.2, 0.25) is 5.02 Å². The third-order valence-electron chi connectivity index (χ3n) is 3.67. The quantitative estimate of drug-likeness (QED) is 0.828. The highest BCUT2D eigenvalue weighted by atomic mass is 35.5. The van der Waals surface area contributed by atoms with E-state index in [-0.39, 0.29) is 17.7 Å². The lowest BCUT2D eigenvalue weighted by atomic mass is 10.0. The first-order valence-electron chi connectivity index (χ1n) is 7.46. The minimum Gasteiger partial charge on any atom is -0.356 e. The van der Waals surface area contributed by atoms with E-state index in [1.807, 2.05) is 6.92 Å². The molecule has 1 amide bonds. The summed E-state index contributed by atoms with van der Waals surface area (Å²) in [6.45, 7) is 3.19. The molecule has 1 heterocycles. The molecule has 22 heavy (non-hydrogen) atoms. The second-order valence-corrected chi connectivity index (χ2v) is 7.91. The van der Waals surface area contributed by atoms with Crippen LogP contribution in [0.15, 0.2) is 23.1 Å². The number of fused-ring (bicyclic) bond motifs is 1. The van der Waals surface area contributed by atoms with E-state index in [2.05, 4.69) is 10.6 Å². The molecule has 1 aliphatic rings. The molecule has 0 aromatic heterocycles. The maximum atomic E-state index is 12.1. The summed E-state index contributed by atoms with van der Waals surface area (Å²) in [6.07, 6.45) is 1.77. The summed E-state index contributed by atoms with van der Waals surface area (Å²) in [5.74, 6) is 0.116. The Morgan fingerprint density at radius 1 is 1.36 bits per heavy atom. The highest BCUT2D eigenvalue weighted by Crippen LogP contribution is 2.33. The molecule has 0 saturated carbocycles. The highest BCUT2D eigenvalue weighted by Gasteiger charge is 2.30. The summed E-state index contributed by atoms with van der Waals surface area (Å²) in [4.78, 5) is 11.9. The maximum Gasteiger partial charge on any atom is 0.221 e. The highest BCUT2D eigenvalue weighted by molar-refractivity contribution is 7.91. The monoisotopic (exact) mass is 344 g/mol. The van der Waals surface area contributed by atoms with Crippen LogP contribution >= 0.6 is 11.6 Å². The summed E-state index contributed by atoms with van der Waals surface area (Å²) in [5, 5.41) is 6.60. The Bertz CT molecular complexity index is 646. The van der Waals surface area contributed by atoms with E-state index in [1.165, 1.54) is 0 Å². The molecule has 1 aromatic rings. The summed E-state index contributed by atoms with van der Waals surface area (Å²) >= 11 is 5.99. The molecule has 0 aliphatic carbocycles. The third-order valence-corrected chi connectivity index (χ3v) is 5.72. The number of benzene rings is 1. The average Bonchev–Trinajstić information content (AvgIpc) is 2.47. The predicted octanol–water partition coefficient (Wildman–Crippen LogP) is 2.06. The summed E-state index contributed by atoms with van der Waals surface area (Å²) < 4.78 is 24.2. The second-order valence-electron chi connectivity index (χ2n) is 5.40. The molecule has 0 bridgehead atoms. The number of halogens is 1. The molecular weight excluding hydrogens is 324 g/mol. The molecular formula is C15H21ClN2O3S. The van der Waals surface area contributed by atoms with Crippen molar-refractivity contribution < 1.29 is 13.2 Å². The number of amides is 1. The second kappa shape index (κ2) is 7.44. The van der Waals surface area contributed by atoms with Crippen molar-refractivity contribution in [1.29, 1.82) is 0 Å². The van der Waals surface area contributed by atoms with Crippen molar-refractivity contribution in [2.24, 2.45) is 0 Å². The van der Waals surface area contributed by atoms with E-state index in [4.69, 9.17) is 11.6 Å². The fraction of sp³-hybridized carbons (Fsp3) is 0.533. The van der Waals surface area contributed by atoms with Crippen molar-refractivity contribution in [3.8, 4) is 0 Å². The van der Waals surface area contributed by atoms with Gasteiger partial charge < -0.3 is 10.6 Å². The third kappa shape index (κ3) is 4.21. The minimum atomic E-state index is -3.22. The van der Waals surface area contributed by atoms with Crippen LogP contribution in [0, 0.1) is 0 Å². The zero-order valence-corrected chi connectivity index (χ0v) is 14.1. The number of sulfone groups is 1. The van der Waals surface area contributed by atoms with E-state index >= 15 is 0 Å². The zero-order chi connectivity index (χ0) is 16.2. The summed E-state index contributed by atoms with van der Waals surface area (Å²) in [7, 11) is -3.22. The Morgan fingerprint density at radius 3 is 2.86 bits per heavy atom. The van der Waals surface area contributed by atoms with Crippen LogP contribution in [0.1, 0.15) is 37.8 Å². The van der Waals surface area contributed by atoms with E-state index in [0.717, 1.165) is 6.42 Å². The molecule has 0 fully saturated rings. The Labute approximate surface area is 136 Å². The molecule has 7 heteroatoms. The van der Waals surface area contributed by atoms with Gasteiger partial charge in [-0.05, 0) is 36.6 Å². The molecule has 2 N–H and O–H groups in total. The maximum absolute atomic E-state index is 12.1. The van der Waals surface area contributed by atoms with Crippen molar-refractivity contribution in [1.82, 2.24) is 10.6 Å². The van der Waals surface area contributed by atoms with Crippen LogP contribution in [-0.4, -0.2) is 33.2 Å². The number of hydrogen-bond donors (Lipinski definition) is 2. The zero-order valence-electron chi connectivity index (χ0n) is 12.6. The van der Waals surface area contributed by atoms with Gasteiger partial charge >= 0.3 is 0 Å². The molecule has 0 saturated heterocycles. The lowest BCUT2D eigenvalue weighted by molar-refractivity contribution is -0.121. The van der Waals surface area contributed by atoms with Gasteiger partial charge in [-0.3, -0.25) is 4.79 Å². The SMILES string of the molecule is CCCNC(=O)CCN[C@H]1CCS(=O)(=O)c2ccc(Cl)cc21. The molecule has 2 rings (SSSR count). The van der Waals surface area contributed by atoms with Gasteiger partial charge in [0.25, 0.3) is 0 Å². The van der Waals surface area contributed by atoms with Crippen LogP contribution in [0.4, 0.5) is 0 Å². The Balaban J connectivity index is 2.02. The van der Waals surface area contributed by atoms with Gasteiger partial charge in [0.2, 0.25) is 5.91 Å². The smallest absolute Gasteiger partial charge is 0.221 e. The number of hydrogen-bond acceptors (Lipinski definition) is 4. The Morgan fingerprint density at radius 2 is 2.14 bits per heavy atom. The largest absolute Gasteiger partial charge is 0.356 e. The number of nitrogens with one attached hydrogen (secondary N) is 2. The van der Waals surface area contributed by atoms with Gasteiger partial charge in [-0.25, -0.2) is 8.42 Å². The van der Waals surface area contributed by atoms with Gasteiger partial charge in [-0.2, -0.15) is 0 Å². The van der Waals surface area contributed by atoms with Crippen molar-refractivity contribution >= 4 is 27.3 Å². The van der Waals surface area contributed by atoms with E-state index in [9.17, 15) is 13.2 Å². The van der Waals surface area contributed by atoms with Crippen molar-refractivity contribution in [3.63, 3.8) is 0 Å². The first-order chi connectivity index (χ1) is 10.4. The van der Waals surface area contributed by atoms with Gasteiger partial charge in [0.05, 0.1) is 10.6 Å². The van der Waals surface area contributed by atoms with Crippen LogP contribution < -0.4 is 10.6 Å². The van der Waals surface area contributed by atoms with Crippen molar-refractivity contribution in [2.45, 2.75) is 37.1 Å². The van der Waals surface area contributed by atoms with Crippen LogP contribution in [0.25, 0.3) is 0 Å². The first-order valence-corrected chi connectivity index (χ1v) is 9.49. The number of carbonyl (C=O) groups is 1. The Hall–Kier alpha value is -1.11. The molecule has 0 spiro atoms. The molecule has 1 aromatic carbocycles. The van der Waals surface area contributed by atoms with Gasteiger partial charge in [0, 0.05) is 30.6 Å². The molecule has 5 nitrogen and oxygen atoms in total. The van der Waals surface area contributed by atoms with E-state index < -0.39 is 9.84 Å².